The van der Waals surface area contributed by atoms with E-state index in [1.807, 2.05) is 12.1 Å². The zero-order chi connectivity index (χ0) is 16.9. The Hall–Kier alpha value is -2.82. The van der Waals surface area contributed by atoms with Crippen molar-refractivity contribution in [1.29, 1.82) is 0 Å². The van der Waals surface area contributed by atoms with E-state index in [0.717, 1.165) is 24.3 Å². The maximum absolute atomic E-state index is 12.1. The van der Waals surface area contributed by atoms with Crippen LogP contribution in [0, 0.1) is 0 Å². The van der Waals surface area contributed by atoms with Crippen molar-refractivity contribution in [3.63, 3.8) is 0 Å². The molecule has 124 valence electrons. The summed E-state index contributed by atoms with van der Waals surface area (Å²) in [4.78, 5) is 23.4. The lowest BCUT2D eigenvalue weighted by molar-refractivity contribution is -0.116. The second-order valence-electron chi connectivity index (χ2n) is 5.66. The Morgan fingerprint density at radius 1 is 1.17 bits per heavy atom. The molecule has 2 aromatic carbocycles. The third-order valence-corrected chi connectivity index (χ3v) is 3.98. The van der Waals surface area contributed by atoms with E-state index in [2.05, 4.69) is 16.1 Å². The molecule has 1 N–H and O–H groups in total. The highest BCUT2D eigenvalue weighted by Crippen LogP contribution is 2.26. The van der Waals surface area contributed by atoms with E-state index in [-0.39, 0.29) is 5.91 Å². The number of benzene rings is 2. The van der Waals surface area contributed by atoms with E-state index < -0.39 is 5.97 Å². The number of rotatable bonds is 5. The number of fused-ring (bicyclic) bond motifs is 1. The minimum atomic E-state index is -0.395. The molecule has 1 heterocycles. The molecule has 0 saturated heterocycles. The molecule has 0 saturated carbocycles. The van der Waals surface area contributed by atoms with Gasteiger partial charge in [0.05, 0.1) is 19.3 Å². The van der Waals surface area contributed by atoms with Gasteiger partial charge in [-0.25, -0.2) is 4.79 Å². The van der Waals surface area contributed by atoms with E-state index in [4.69, 9.17) is 4.74 Å². The van der Waals surface area contributed by atoms with Gasteiger partial charge < -0.3 is 14.8 Å². The highest BCUT2D eigenvalue weighted by molar-refractivity contribution is 5.93. The number of ether oxygens (including phenoxy) is 2. The number of nitrogens with one attached hydrogen (secondary N) is 1. The fourth-order valence-electron chi connectivity index (χ4n) is 2.68. The zero-order valence-corrected chi connectivity index (χ0v) is 13.5. The lowest BCUT2D eigenvalue weighted by Gasteiger charge is -2.07. The molecule has 1 aliphatic rings. The second kappa shape index (κ2) is 7.17. The highest BCUT2D eigenvalue weighted by Gasteiger charge is 2.12. The molecule has 0 bridgehead atoms. The monoisotopic (exact) mass is 325 g/mol. The molecular formula is C19H19NO4. The van der Waals surface area contributed by atoms with E-state index in [1.54, 1.807) is 24.3 Å². The van der Waals surface area contributed by atoms with Crippen LogP contribution in [0.25, 0.3) is 0 Å². The Morgan fingerprint density at radius 2 is 1.96 bits per heavy atom. The van der Waals surface area contributed by atoms with Crippen LogP contribution in [-0.2, 0) is 22.4 Å². The molecule has 5 nitrogen and oxygen atoms in total. The fourth-order valence-corrected chi connectivity index (χ4v) is 2.68. The van der Waals surface area contributed by atoms with Crippen LogP contribution < -0.4 is 10.1 Å². The van der Waals surface area contributed by atoms with Gasteiger partial charge in [-0.05, 0) is 47.9 Å². The average molecular weight is 325 g/mol. The molecule has 24 heavy (non-hydrogen) atoms. The smallest absolute Gasteiger partial charge is 0.337 e. The molecule has 0 radical (unpaired) electrons. The van der Waals surface area contributed by atoms with Crippen molar-refractivity contribution in [2.24, 2.45) is 0 Å². The average Bonchev–Trinajstić information content (AvgIpc) is 3.07. The van der Waals surface area contributed by atoms with Crippen molar-refractivity contribution in [3.8, 4) is 5.75 Å². The summed E-state index contributed by atoms with van der Waals surface area (Å²) in [5.74, 6) is 0.500. The predicted molar refractivity (Wildman–Crippen MR) is 90.4 cm³/mol. The van der Waals surface area contributed by atoms with E-state index in [0.29, 0.717) is 24.1 Å². The Kier molecular flexibility index (Phi) is 4.79. The SMILES string of the molecule is COC(=O)c1ccc(NC(=O)CCc2ccc3c(c2)CCO3)cc1. The fraction of sp³-hybridized carbons (Fsp3) is 0.263. The summed E-state index contributed by atoms with van der Waals surface area (Å²) in [5.41, 5.74) is 3.47. The standard InChI is InChI=1S/C19H19NO4/c1-23-19(22)14-4-6-16(7-5-14)20-18(21)9-3-13-2-8-17-15(12-13)10-11-24-17/h2,4-8,12H,3,9-11H2,1H3,(H,20,21). The van der Waals surface area contributed by atoms with Gasteiger partial charge in [-0.1, -0.05) is 12.1 Å². The van der Waals surface area contributed by atoms with E-state index in [1.165, 1.54) is 12.7 Å². The minimum absolute atomic E-state index is 0.0578. The maximum atomic E-state index is 12.1. The molecule has 5 heteroatoms. The lowest BCUT2D eigenvalue weighted by Crippen LogP contribution is -2.12. The van der Waals surface area contributed by atoms with Crippen molar-refractivity contribution in [2.45, 2.75) is 19.3 Å². The van der Waals surface area contributed by atoms with Crippen LogP contribution in [-0.4, -0.2) is 25.6 Å². The van der Waals surface area contributed by atoms with Crippen molar-refractivity contribution in [1.82, 2.24) is 0 Å². The van der Waals surface area contributed by atoms with Crippen molar-refractivity contribution in [3.05, 3.63) is 59.2 Å². The second-order valence-corrected chi connectivity index (χ2v) is 5.66. The molecule has 2 aromatic rings. The predicted octanol–water partition coefficient (Wildman–Crippen LogP) is 2.98. The van der Waals surface area contributed by atoms with Crippen molar-refractivity contribution >= 4 is 17.6 Å². The largest absolute Gasteiger partial charge is 0.493 e. The molecule has 0 aromatic heterocycles. The summed E-state index contributed by atoms with van der Waals surface area (Å²) in [6.45, 7) is 0.737. The first-order valence-electron chi connectivity index (χ1n) is 7.88. The van der Waals surface area contributed by atoms with Crippen molar-refractivity contribution in [2.75, 3.05) is 19.0 Å². The third-order valence-electron chi connectivity index (χ3n) is 3.98. The molecule has 0 atom stereocenters. The molecule has 0 spiro atoms. The van der Waals surface area contributed by atoms with Crippen molar-refractivity contribution < 1.29 is 19.1 Å². The number of amides is 1. The van der Waals surface area contributed by atoms with Crippen LogP contribution in [0.3, 0.4) is 0 Å². The van der Waals surface area contributed by atoms with Gasteiger partial charge in [-0.2, -0.15) is 0 Å². The molecule has 0 fully saturated rings. The number of methoxy groups -OCH3 is 1. The highest BCUT2D eigenvalue weighted by atomic mass is 16.5. The van der Waals surface area contributed by atoms with Crippen LogP contribution in [0.2, 0.25) is 0 Å². The summed E-state index contributed by atoms with van der Waals surface area (Å²) in [5, 5.41) is 2.83. The number of esters is 1. The molecule has 1 aliphatic heterocycles. The summed E-state index contributed by atoms with van der Waals surface area (Å²) >= 11 is 0. The minimum Gasteiger partial charge on any atom is -0.493 e. The van der Waals surface area contributed by atoms with Gasteiger partial charge in [-0.3, -0.25) is 4.79 Å². The van der Waals surface area contributed by atoms with Crippen LogP contribution in [0.15, 0.2) is 42.5 Å². The van der Waals surface area contributed by atoms with Gasteiger partial charge in [0.2, 0.25) is 5.91 Å². The van der Waals surface area contributed by atoms with Gasteiger partial charge in [0.25, 0.3) is 0 Å². The van der Waals surface area contributed by atoms with E-state index in [9.17, 15) is 9.59 Å². The first-order chi connectivity index (χ1) is 11.7. The first-order valence-corrected chi connectivity index (χ1v) is 7.88. The number of hydrogen-bond acceptors (Lipinski definition) is 4. The summed E-state index contributed by atoms with van der Waals surface area (Å²) in [6.07, 6.45) is 2.01. The van der Waals surface area contributed by atoms with Gasteiger partial charge in [-0.15, -0.1) is 0 Å². The van der Waals surface area contributed by atoms with Crippen LogP contribution >= 0.6 is 0 Å². The molecule has 1 amide bonds. The van der Waals surface area contributed by atoms with Crippen LogP contribution in [0.5, 0.6) is 5.75 Å². The Balaban J connectivity index is 1.53. The van der Waals surface area contributed by atoms with Gasteiger partial charge in [0.1, 0.15) is 5.75 Å². The quantitative estimate of drug-likeness (QED) is 0.858. The number of carbonyl (C=O) groups is 2. The summed E-state index contributed by atoms with van der Waals surface area (Å²) in [6, 6.07) is 12.7. The topological polar surface area (TPSA) is 64.6 Å². The summed E-state index contributed by atoms with van der Waals surface area (Å²) in [7, 11) is 1.34. The number of anilines is 1. The van der Waals surface area contributed by atoms with Crippen LogP contribution in [0.1, 0.15) is 27.9 Å². The lowest BCUT2D eigenvalue weighted by atomic mass is 10.0. The third kappa shape index (κ3) is 3.74. The molecular weight excluding hydrogens is 306 g/mol. The molecule has 0 aliphatic carbocycles. The zero-order valence-electron chi connectivity index (χ0n) is 13.5. The Bertz CT molecular complexity index is 752. The normalized spacial score (nSPS) is 12.2. The summed E-state index contributed by atoms with van der Waals surface area (Å²) < 4.78 is 10.1. The van der Waals surface area contributed by atoms with Gasteiger partial charge in [0, 0.05) is 18.5 Å². The Morgan fingerprint density at radius 3 is 2.71 bits per heavy atom. The van der Waals surface area contributed by atoms with E-state index >= 15 is 0 Å². The number of aryl methyl sites for hydroxylation is 1. The van der Waals surface area contributed by atoms with Gasteiger partial charge in [0.15, 0.2) is 0 Å². The van der Waals surface area contributed by atoms with Gasteiger partial charge >= 0.3 is 5.97 Å². The molecule has 3 rings (SSSR count). The molecule has 0 unspecified atom stereocenters. The first kappa shape index (κ1) is 16.1. The van der Waals surface area contributed by atoms with Crippen LogP contribution in [0.4, 0.5) is 5.69 Å². The number of carbonyl (C=O) groups excluding carboxylic acids is 2. The number of hydrogen-bond donors (Lipinski definition) is 1. The maximum Gasteiger partial charge on any atom is 0.337 e. The Labute approximate surface area is 140 Å².